The molecule has 0 aliphatic carbocycles. The van der Waals surface area contributed by atoms with Gasteiger partial charge >= 0.3 is 19.8 Å². The number of halogens is 1. The minimum absolute atomic E-state index is 0.146. The molecule has 16 heteroatoms. The number of esters is 2. The maximum Gasteiger partial charge on any atom is 0.475 e. The summed E-state index contributed by atoms with van der Waals surface area (Å²) in [6.45, 7) is 11.3. The molecule has 2 N–H and O–H groups in total. The Balaban J connectivity index is 1.72. The number of nitrogens with two attached hydrogens (primary N) is 1. The highest BCUT2D eigenvalue weighted by molar-refractivity contribution is 7.48. The molecule has 1 aromatic heterocycles. The van der Waals surface area contributed by atoms with Crippen molar-refractivity contribution in [3.05, 3.63) is 12.0 Å². The summed E-state index contributed by atoms with van der Waals surface area (Å²) in [7, 11) is -2.64. The third-order valence-electron chi connectivity index (χ3n) is 5.90. The number of aromatic nitrogens is 2. The molecule has 14 nitrogen and oxygen atoms in total. The molecule has 0 amide bonds. The minimum Gasteiger partial charge on any atom is -0.462 e. The van der Waals surface area contributed by atoms with E-state index in [1.165, 1.54) is 17.9 Å². The second-order valence-electron chi connectivity index (χ2n) is 9.68. The summed E-state index contributed by atoms with van der Waals surface area (Å²) in [6.07, 6.45) is -2.15. The zero-order chi connectivity index (χ0) is 29.1. The lowest BCUT2D eigenvalue weighted by Gasteiger charge is -2.34. The highest BCUT2D eigenvalue weighted by Gasteiger charge is 2.60. The molecule has 3 heterocycles. The number of hydrogen-bond acceptors (Lipinski definition) is 12. The fourth-order valence-corrected chi connectivity index (χ4v) is 6.02. The van der Waals surface area contributed by atoms with Crippen molar-refractivity contribution in [2.75, 3.05) is 20.3 Å². The average Bonchev–Trinajstić information content (AvgIpc) is 3.38. The van der Waals surface area contributed by atoms with Crippen molar-refractivity contribution in [3.63, 3.8) is 0 Å². The van der Waals surface area contributed by atoms with E-state index in [9.17, 15) is 14.2 Å². The largest absolute Gasteiger partial charge is 0.475 e. The van der Waals surface area contributed by atoms with E-state index in [0.717, 1.165) is 0 Å². The van der Waals surface area contributed by atoms with Crippen LogP contribution in [0.5, 0.6) is 0 Å². The maximum atomic E-state index is 13.3. The normalized spacial score (nSPS) is 29.1. The fourth-order valence-electron chi connectivity index (χ4n) is 4.12. The van der Waals surface area contributed by atoms with Crippen LogP contribution in [-0.2, 0) is 41.9 Å². The molecule has 1 aromatic rings. The van der Waals surface area contributed by atoms with E-state index in [4.69, 9.17) is 45.1 Å². The van der Waals surface area contributed by atoms with Crippen LogP contribution in [0.3, 0.4) is 0 Å². The second-order valence-corrected chi connectivity index (χ2v) is 12.1. The fraction of sp³-hybridized carbons (Fsp3) is 0.696. The second kappa shape index (κ2) is 12.4. The number of alkyl halides is 1. The zero-order valence-electron chi connectivity index (χ0n) is 22.7. The van der Waals surface area contributed by atoms with Crippen molar-refractivity contribution in [3.8, 4) is 0 Å². The first-order valence-electron chi connectivity index (χ1n) is 12.3. The Bertz CT molecular complexity index is 1130. The lowest BCUT2D eigenvalue weighted by molar-refractivity contribution is -0.167. The van der Waals surface area contributed by atoms with E-state index in [-0.39, 0.29) is 31.3 Å². The van der Waals surface area contributed by atoms with Crippen LogP contribution in [0.2, 0.25) is 0 Å². The van der Waals surface area contributed by atoms with Gasteiger partial charge in [-0.1, -0.05) is 0 Å². The van der Waals surface area contributed by atoms with Crippen molar-refractivity contribution >= 4 is 49.7 Å². The van der Waals surface area contributed by atoms with Gasteiger partial charge in [-0.25, -0.2) is 14.5 Å². The zero-order valence-corrected chi connectivity index (χ0v) is 24.4. The molecule has 2 aliphatic rings. The molecule has 0 saturated carbocycles. The number of hydrogen-bond donors (Lipinski definition) is 1. The Hall–Kier alpha value is -2.35. The molecule has 0 unspecified atom stereocenters. The molecule has 3 rings (SSSR count). The Morgan fingerprint density at radius 2 is 1.92 bits per heavy atom. The Morgan fingerprint density at radius 3 is 2.46 bits per heavy atom. The molecule has 2 saturated heterocycles. The highest BCUT2D eigenvalue weighted by atomic mass is 35.5. The van der Waals surface area contributed by atoms with E-state index in [1.54, 1.807) is 34.6 Å². The van der Waals surface area contributed by atoms with E-state index in [2.05, 4.69) is 21.7 Å². The molecule has 218 valence electrons. The Labute approximate surface area is 231 Å². The first-order chi connectivity index (χ1) is 18.2. The summed E-state index contributed by atoms with van der Waals surface area (Å²) in [6, 6.07) is 0. The van der Waals surface area contributed by atoms with Gasteiger partial charge in [0.05, 0.1) is 31.7 Å². The maximum absolute atomic E-state index is 13.3. The van der Waals surface area contributed by atoms with E-state index < -0.39 is 61.2 Å². The van der Waals surface area contributed by atoms with Gasteiger partial charge in [0.15, 0.2) is 18.0 Å². The summed E-state index contributed by atoms with van der Waals surface area (Å²) in [4.78, 5) is 35.8. The standard InChI is InChI=1S/C23H35ClN5O9P/c1-12(2)35-20(30)14(21(31)36-13(3)4)8-9-33-39(32)34-10-15-17(38-39)23(5,24)22(37-15)29-11-28-16(18(25)26-6)19(29)27-7/h11-15,17,22H,7-10H2,1-6H3,(H2,25,26)/t15-,17-,22-,23-,39-/m1/s1. The molecular formula is C23H35ClN5O9P. The van der Waals surface area contributed by atoms with Gasteiger partial charge in [0, 0.05) is 7.05 Å². The summed E-state index contributed by atoms with van der Waals surface area (Å²) >= 11 is 6.91. The van der Waals surface area contributed by atoms with E-state index in [1.807, 2.05) is 0 Å². The number of phosphoric acid groups is 1. The number of carbonyl (C=O) groups is 2. The first-order valence-corrected chi connectivity index (χ1v) is 14.2. The van der Waals surface area contributed by atoms with Crippen LogP contribution in [0.25, 0.3) is 0 Å². The summed E-state index contributed by atoms with van der Waals surface area (Å²) in [5.74, 6) is -2.40. The van der Waals surface area contributed by atoms with Crippen molar-refractivity contribution in [1.29, 1.82) is 0 Å². The molecule has 0 bridgehead atoms. The van der Waals surface area contributed by atoms with Crippen LogP contribution >= 0.6 is 19.4 Å². The molecule has 2 aliphatic heterocycles. The van der Waals surface area contributed by atoms with Gasteiger partial charge in [-0.3, -0.25) is 32.7 Å². The number of ether oxygens (including phenoxy) is 3. The SMILES string of the molecule is C=Nc1c(C(N)=NC)ncn1[C@@H]1O[C@@H]2CO[P@@](=O)(OCCC(C(=O)OC(C)C)C(=O)OC(C)C)O[C@H]2[C@@]1(C)Cl. The van der Waals surface area contributed by atoms with Gasteiger partial charge in [-0.2, -0.15) is 0 Å². The van der Waals surface area contributed by atoms with Crippen molar-refractivity contribution in [1.82, 2.24) is 9.55 Å². The van der Waals surface area contributed by atoms with E-state index in [0.29, 0.717) is 5.69 Å². The quantitative estimate of drug-likeness (QED) is 0.0999. The summed E-state index contributed by atoms with van der Waals surface area (Å²) in [5, 5.41) is 0. The van der Waals surface area contributed by atoms with Gasteiger partial charge in [0.1, 0.15) is 28.6 Å². The Morgan fingerprint density at radius 1 is 1.31 bits per heavy atom. The highest BCUT2D eigenvalue weighted by Crippen LogP contribution is 2.60. The topological polar surface area (TPSA) is 175 Å². The van der Waals surface area contributed by atoms with Crippen LogP contribution < -0.4 is 5.73 Å². The van der Waals surface area contributed by atoms with Crippen molar-refractivity contribution in [2.24, 2.45) is 21.6 Å². The monoisotopic (exact) mass is 591 g/mol. The smallest absolute Gasteiger partial charge is 0.462 e. The van der Waals surface area contributed by atoms with Gasteiger partial charge in [0.25, 0.3) is 0 Å². The Kier molecular flexibility index (Phi) is 9.95. The molecule has 5 atom stereocenters. The molecule has 0 radical (unpaired) electrons. The van der Waals surface area contributed by atoms with Gasteiger partial charge in [-0.05, 0) is 47.8 Å². The van der Waals surface area contributed by atoms with Crippen molar-refractivity contribution < 1.29 is 41.9 Å². The molecule has 2 fully saturated rings. The molecule has 0 spiro atoms. The number of imidazole rings is 1. The number of amidine groups is 1. The number of carbonyl (C=O) groups excluding carboxylic acids is 2. The number of fused-ring (bicyclic) bond motifs is 1. The van der Waals surface area contributed by atoms with Crippen LogP contribution in [0.15, 0.2) is 16.3 Å². The van der Waals surface area contributed by atoms with E-state index >= 15 is 0 Å². The van der Waals surface area contributed by atoms with Gasteiger partial charge in [0.2, 0.25) is 0 Å². The summed E-state index contributed by atoms with van der Waals surface area (Å²) in [5.41, 5.74) is 6.21. The number of phosphoric ester groups is 1. The minimum atomic E-state index is -4.16. The number of aliphatic imine (C=N–C) groups is 2. The lowest BCUT2D eigenvalue weighted by Crippen LogP contribution is -2.44. The van der Waals surface area contributed by atoms with Crippen LogP contribution in [0.1, 0.15) is 53.0 Å². The average molecular weight is 592 g/mol. The number of rotatable bonds is 11. The van der Waals surface area contributed by atoms with Crippen molar-refractivity contribution in [2.45, 2.75) is 76.6 Å². The van der Waals surface area contributed by atoms with Crippen LogP contribution in [0, 0.1) is 5.92 Å². The van der Waals surface area contributed by atoms with Crippen LogP contribution in [0.4, 0.5) is 5.82 Å². The predicted octanol–water partition coefficient (Wildman–Crippen LogP) is 2.89. The van der Waals surface area contributed by atoms with Gasteiger partial charge in [-0.15, -0.1) is 11.6 Å². The third-order valence-corrected chi connectivity index (χ3v) is 7.75. The molecule has 0 aromatic carbocycles. The number of nitrogens with zero attached hydrogens (tertiary/aromatic N) is 4. The van der Waals surface area contributed by atoms with Gasteiger partial charge < -0.3 is 19.9 Å². The first kappa shape index (κ1) is 31.2. The third kappa shape index (κ3) is 6.87. The lowest BCUT2D eigenvalue weighted by atomic mass is 10.0. The molecule has 39 heavy (non-hydrogen) atoms. The summed E-state index contributed by atoms with van der Waals surface area (Å²) < 4.78 is 47.9. The predicted molar refractivity (Wildman–Crippen MR) is 141 cm³/mol. The van der Waals surface area contributed by atoms with Crippen LogP contribution in [-0.4, -0.2) is 83.6 Å². The molecular weight excluding hydrogens is 557 g/mol.